The predicted octanol–water partition coefficient (Wildman–Crippen LogP) is 3.08. The summed E-state index contributed by atoms with van der Waals surface area (Å²) in [5.41, 5.74) is -1.37. The lowest BCUT2D eigenvalue weighted by Crippen LogP contribution is -2.53. The van der Waals surface area contributed by atoms with Crippen molar-refractivity contribution in [1.82, 2.24) is 4.90 Å². The number of carbonyl (C=O) groups excluding carboxylic acids is 1. The van der Waals surface area contributed by atoms with Crippen LogP contribution in [0.15, 0.2) is 0 Å². The van der Waals surface area contributed by atoms with Gasteiger partial charge < -0.3 is 14.4 Å². The second kappa shape index (κ2) is 5.88. The maximum atomic E-state index is 12.3. The Labute approximate surface area is 127 Å². The third kappa shape index (κ3) is 4.74. The number of halogens is 3. The van der Waals surface area contributed by atoms with E-state index in [1.165, 1.54) is 4.90 Å². The van der Waals surface area contributed by atoms with Gasteiger partial charge in [0.2, 0.25) is 0 Å². The van der Waals surface area contributed by atoms with E-state index in [4.69, 9.17) is 9.47 Å². The fourth-order valence-corrected chi connectivity index (χ4v) is 2.93. The van der Waals surface area contributed by atoms with E-state index in [1.807, 2.05) is 0 Å². The summed E-state index contributed by atoms with van der Waals surface area (Å²) in [5.74, 6) is 0. The van der Waals surface area contributed by atoms with Gasteiger partial charge in [0.15, 0.2) is 0 Å². The normalized spacial score (nSPS) is 29.9. The molecule has 0 bridgehead atoms. The molecule has 0 aromatic heterocycles. The SMILES string of the molecule is CC(C)(C)OC(=O)N1CCOC2(CCC(OC(F)(F)F)C2)C1. The lowest BCUT2D eigenvalue weighted by molar-refractivity contribution is -0.343. The molecule has 8 heteroatoms. The number of carbonyl (C=O) groups is 1. The molecule has 128 valence electrons. The minimum absolute atomic E-state index is 0.131. The van der Waals surface area contributed by atoms with Gasteiger partial charge in [-0.15, -0.1) is 13.2 Å². The predicted molar refractivity (Wildman–Crippen MR) is 71.3 cm³/mol. The van der Waals surface area contributed by atoms with Crippen molar-refractivity contribution >= 4 is 6.09 Å². The van der Waals surface area contributed by atoms with E-state index in [0.717, 1.165) is 0 Å². The molecule has 1 aliphatic carbocycles. The van der Waals surface area contributed by atoms with E-state index in [2.05, 4.69) is 4.74 Å². The van der Waals surface area contributed by atoms with Gasteiger partial charge in [0.05, 0.1) is 24.9 Å². The van der Waals surface area contributed by atoms with Gasteiger partial charge in [-0.2, -0.15) is 0 Å². The number of rotatable bonds is 1. The molecular formula is C14H22F3NO4. The Morgan fingerprint density at radius 1 is 1.32 bits per heavy atom. The van der Waals surface area contributed by atoms with Crippen molar-refractivity contribution in [3.8, 4) is 0 Å². The molecule has 1 heterocycles. The van der Waals surface area contributed by atoms with Crippen LogP contribution in [-0.2, 0) is 14.2 Å². The Balaban J connectivity index is 1.95. The highest BCUT2D eigenvalue weighted by Crippen LogP contribution is 2.40. The number of morpholine rings is 1. The first-order valence-electron chi connectivity index (χ1n) is 7.35. The van der Waals surface area contributed by atoms with E-state index in [9.17, 15) is 18.0 Å². The number of ether oxygens (including phenoxy) is 3. The van der Waals surface area contributed by atoms with Gasteiger partial charge in [0.1, 0.15) is 5.60 Å². The second-order valence-electron chi connectivity index (χ2n) is 6.86. The zero-order chi connectivity index (χ0) is 16.6. The summed E-state index contributed by atoms with van der Waals surface area (Å²) >= 11 is 0. The third-order valence-corrected chi connectivity index (χ3v) is 3.72. The molecule has 2 unspecified atom stereocenters. The molecule has 1 amide bonds. The fraction of sp³-hybridized carbons (Fsp3) is 0.929. The van der Waals surface area contributed by atoms with E-state index in [-0.39, 0.29) is 26.0 Å². The Morgan fingerprint density at radius 3 is 2.59 bits per heavy atom. The number of hydrogen-bond donors (Lipinski definition) is 0. The van der Waals surface area contributed by atoms with Crippen molar-refractivity contribution in [1.29, 1.82) is 0 Å². The van der Waals surface area contributed by atoms with E-state index >= 15 is 0 Å². The fourth-order valence-electron chi connectivity index (χ4n) is 2.93. The Morgan fingerprint density at radius 2 is 2.00 bits per heavy atom. The largest absolute Gasteiger partial charge is 0.522 e. The molecule has 0 aromatic carbocycles. The molecule has 22 heavy (non-hydrogen) atoms. The van der Waals surface area contributed by atoms with Crippen LogP contribution in [0.5, 0.6) is 0 Å². The van der Waals surface area contributed by atoms with E-state index in [1.54, 1.807) is 20.8 Å². The first kappa shape index (κ1) is 17.3. The Kier molecular flexibility index (Phi) is 4.64. The highest BCUT2D eigenvalue weighted by molar-refractivity contribution is 5.68. The van der Waals surface area contributed by atoms with Crippen LogP contribution in [-0.4, -0.2) is 54.4 Å². The monoisotopic (exact) mass is 325 g/mol. The lowest BCUT2D eigenvalue weighted by atomic mass is 10.00. The van der Waals surface area contributed by atoms with Crippen molar-refractivity contribution in [3.05, 3.63) is 0 Å². The van der Waals surface area contributed by atoms with Crippen LogP contribution >= 0.6 is 0 Å². The number of amides is 1. The second-order valence-corrected chi connectivity index (χ2v) is 6.86. The highest BCUT2D eigenvalue weighted by Gasteiger charge is 2.48. The smallest absolute Gasteiger partial charge is 0.444 e. The summed E-state index contributed by atoms with van der Waals surface area (Å²) in [4.78, 5) is 13.6. The third-order valence-electron chi connectivity index (χ3n) is 3.72. The highest BCUT2D eigenvalue weighted by atomic mass is 19.4. The Hall–Kier alpha value is -1.02. The molecule has 2 fully saturated rings. The zero-order valence-electron chi connectivity index (χ0n) is 13.0. The first-order valence-corrected chi connectivity index (χ1v) is 7.35. The lowest BCUT2D eigenvalue weighted by Gasteiger charge is -2.40. The molecule has 0 radical (unpaired) electrons. The van der Waals surface area contributed by atoms with Gasteiger partial charge in [-0.1, -0.05) is 0 Å². The molecule has 2 rings (SSSR count). The quantitative estimate of drug-likeness (QED) is 0.743. The van der Waals surface area contributed by atoms with Crippen LogP contribution in [0.2, 0.25) is 0 Å². The van der Waals surface area contributed by atoms with Crippen LogP contribution in [0.1, 0.15) is 40.0 Å². The minimum Gasteiger partial charge on any atom is -0.444 e. The molecular weight excluding hydrogens is 303 g/mol. The minimum atomic E-state index is -4.64. The molecule has 0 N–H and O–H groups in total. The Bertz CT molecular complexity index is 421. The zero-order valence-corrected chi connectivity index (χ0v) is 13.0. The molecule has 2 aliphatic rings. The standard InChI is InChI=1S/C14H22F3NO4/c1-12(2,3)22-11(19)18-6-7-20-13(9-18)5-4-10(8-13)21-14(15,16)17/h10H,4-9H2,1-3H3. The van der Waals surface area contributed by atoms with Crippen LogP contribution in [0, 0.1) is 0 Å². The summed E-state index contributed by atoms with van der Waals surface area (Å²) in [7, 11) is 0. The summed E-state index contributed by atoms with van der Waals surface area (Å²) in [5, 5.41) is 0. The van der Waals surface area contributed by atoms with E-state index in [0.29, 0.717) is 13.0 Å². The van der Waals surface area contributed by atoms with Crippen LogP contribution in [0.25, 0.3) is 0 Å². The summed E-state index contributed by atoms with van der Waals surface area (Å²) in [6.45, 7) is 6.21. The van der Waals surface area contributed by atoms with Crippen LogP contribution in [0.4, 0.5) is 18.0 Å². The summed E-state index contributed by atoms with van der Waals surface area (Å²) < 4.78 is 52.0. The van der Waals surface area contributed by atoms with Gasteiger partial charge in [-0.25, -0.2) is 4.79 Å². The topological polar surface area (TPSA) is 48.0 Å². The summed E-state index contributed by atoms with van der Waals surface area (Å²) in [6, 6.07) is 0. The molecule has 1 saturated carbocycles. The number of alkyl halides is 3. The van der Waals surface area contributed by atoms with Gasteiger partial charge >= 0.3 is 12.5 Å². The molecule has 5 nitrogen and oxygen atoms in total. The first-order chi connectivity index (χ1) is 9.98. The average molecular weight is 325 g/mol. The number of hydrogen-bond acceptors (Lipinski definition) is 4. The van der Waals surface area contributed by atoms with Gasteiger partial charge in [-0.3, -0.25) is 4.74 Å². The molecule has 0 aromatic rings. The van der Waals surface area contributed by atoms with Crippen LogP contribution < -0.4 is 0 Å². The van der Waals surface area contributed by atoms with Crippen LogP contribution in [0.3, 0.4) is 0 Å². The maximum absolute atomic E-state index is 12.3. The van der Waals surface area contributed by atoms with E-state index < -0.39 is 29.8 Å². The molecule has 1 spiro atoms. The van der Waals surface area contributed by atoms with Gasteiger partial charge in [0, 0.05) is 13.0 Å². The molecule has 2 atom stereocenters. The molecule has 1 saturated heterocycles. The van der Waals surface area contributed by atoms with Crippen molar-refractivity contribution in [2.24, 2.45) is 0 Å². The number of nitrogens with zero attached hydrogens (tertiary/aromatic N) is 1. The van der Waals surface area contributed by atoms with Crippen molar-refractivity contribution < 1.29 is 32.2 Å². The van der Waals surface area contributed by atoms with Gasteiger partial charge in [-0.05, 0) is 33.6 Å². The molecule has 1 aliphatic heterocycles. The van der Waals surface area contributed by atoms with Gasteiger partial charge in [0.25, 0.3) is 0 Å². The van der Waals surface area contributed by atoms with Crippen molar-refractivity contribution in [2.45, 2.75) is 63.7 Å². The van der Waals surface area contributed by atoms with Crippen molar-refractivity contribution in [2.75, 3.05) is 19.7 Å². The average Bonchev–Trinajstić information content (AvgIpc) is 2.67. The maximum Gasteiger partial charge on any atom is 0.522 e. The summed E-state index contributed by atoms with van der Waals surface area (Å²) in [6.07, 6.45) is -5.19. The van der Waals surface area contributed by atoms with Crippen molar-refractivity contribution in [3.63, 3.8) is 0 Å².